The monoisotopic (exact) mass is 208 g/mol. The Bertz CT molecular complexity index is 324. The van der Waals surface area contributed by atoms with Crippen LogP contribution in [0.15, 0.2) is 18.3 Å². The maximum absolute atomic E-state index is 8.95. The number of hydrogen-bond acceptors (Lipinski definition) is 4. The molecule has 0 aliphatic carbocycles. The van der Waals surface area contributed by atoms with Gasteiger partial charge >= 0.3 is 0 Å². The van der Waals surface area contributed by atoms with Gasteiger partial charge in [-0.3, -0.25) is 0 Å². The zero-order valence-electron chi connectivity index (χ0n) is 8.89. The van der Waals surface area contributed by atoms with E-state index < -0.39 is 0 Å². The standard InChI is InChI=1S/C11H16N2O2/c1-2-15-10-4-3-5-12-11(10)13-6-9(7-13)8-14/h3-5,9,14H,2,6-8H2,1H3. The summed E-state index contributed by atoms with van der Waals surface area (Å²) in [5.74, 6) is 2.11. The third-order valence-electron chi connectivity index (χ3n) is 2.57. The highest BCUT2D eigenvalue weighted by Crippen LogP contribution is 2.30. The van der Waals surface area contributed by atoms with Gasteiger partial charge in [-0.15, -0.1) is 0 Å². The molecule has 1 aliphatic heterocycles. The van der Waals surface area contributed by atoms with Crippen LogP contribution in [0.3, 0.4) is 0 Å². The first-order valence-electron chi connectivity index (χ1n) is 5.28. The molecule has 2 heterocycles. The SMILES string of the molecule is CCOc1cccnc1N1CC(CO)C1. The summed E-state index contributed by atoms with van der Waals surface area (Å²) in [6, 6.07) is 3.80. The normalized spacial score (nSPS) is 16.3. The number of anilines is 1. The van der Waals surface area contributed by atoms with Crippen molar-refractivity contribution >= 4 is 5.82 Å². The lowest BCUT2D eigenvalue weighted by atomic mass is 10.0. The smallest absolute Gasteiger partial charge is 0.171 e. The molecule has 0 unspecified atom stereocenters. The molecular weight excluding hydrogens is 192 g/mol. The van der Waals surface area contributed by atoms with Gasteiger partial charge in [-0.1, -0.05) is 0 Å². The minimum atomic E-state index is 0.257. The first-order chi connectivity index (χ1) is 7.35. The van der Waals surface area contributed by atoms with E-state index in [1.807, 2.05) is 19.1 Å². The number of aliphatic hydroxyl groups excluding tert-OH is 1. The first kappa shape index (κ1) is 10.2. The van der Waals surface area contributed by atoms with E-state index in [2.05, 4.69) is 9.88 Å². The summed E-state index contributed by atoms with van der Waals surface area (Å²) in [5.41, 5.74) is 0. The van der Waals surface area contributed by atoms with Gasteiger partial charge < -0.3 is 14.7 Å². The predicted octanol–water partition coefficient (Wildman–Crippen LogP) is 0.909. The van der Waals surface area contributed by atoms with Gasteiger partial charge in [-0.2, -0.15) is 0 Å². The lowest BCUT2D eigenvalue weighted by Crippen LogP contribution is -2.48. The van der Waals surface area contributed by atoms with Crippen molar-refractivity contribution in [2.24, 2.45) is 5.92 Å². The maximum Gasteiger partial charge on any atom is 0.171 e. The quantitative estimate of drug-likeness (QED) is 0.798. The second-order valence-corrected chi connectivity index (χ2v) is 3.71. The van der Waals surface area contributed by atoms with Crippen molar-refractivity contribution in [2.75, 3.05) is 31.2 Å². The van der Waals surface area contributed by atoms with Crippen molar-refractivity contribution in [1.29, 1.82) is 0 Å². The summed E-state index contributed by atoms with van der Waals surface area (Å²) in [6.07, 6.45) is 1.77. The predicted molar refractivity (Wildman–Crippen MR) is 58.2 cm³/mol. The summed E-state index contributed by atoms with van der Waals surface area (Å²) >= 11 is 0. The fourth-order valence-corrected chi connectivity index (χ4v) is 1.75. The van der Waals surface area contributed by atoms with Crippen molar-refractivity contribution in [1.82, 2.24) is 4.98 Å². The second-order valence-electron chi connectivity index (χ2n) is 3.71. The lowest BCUT2D eigenvalue weighted by Gasteiger charge is -2.39. The maximum atomic E-state index is 8.95. The van der Waals surface area contributed by atoms with Crippen molar-refractivity contribution in [3.05, 3.63) is 18.3 Å². The summed E-state index contributed by atoms with van der Waals surface area (Å²) < 4.78 is 5.50. The minimum Gasteiger partial charge on any atom is -0.490 e. The highest BCUT2D eigenvalue weighted by molar-refractivity contribution is 5.53. The summed E-state index contributed by atoms with van der Waals surface area (Å²) in [5, 5.41) is 8.95. The van der Waals surface area contributed by atoms with Crippen molar-refractivity contribution in [2.45, 2.75) is 6.92 Å². The fourth-order valence-electron chi connectivity index (χ4n) is 1.75. The third kappa shape index (κ3) is 2.04. The van der Waals surface area contributed by atoms with Crippen molar-refractivity contribution in [3.63, 3.8) is 0 Å². The Morgan fingerprint density at radius 3 is 3.07 bits per heavy atom. The van der Waals surface area contributed by atoms with E-state index >= 15 is 0 Å². The van der Waals surface area contributed by atoms with E-state index in [0.717, 1.165) is 24.7 Å². The molecule has 82 valence electrons. The number of rotatable bonds is 4. The average Bonchev–Trinajstić information content (AvgIpc) is 2.19. The third-order valence-corrected chi connectivity index (χ3v) is 2.57. The largest absolute Gasteiger partial charge is 0.490 e. The molecule has 1 aromatic rings. The lowest BCUT2D eigenvalue weighted by molar-refractivity contribution is 0.199. The van der Waals surface area contributed by atoms with E-state index in [0.29, 0.717) is 12.5 Å². The Hall–Kier alpha value is -1.29. The number of nitrogens with zero attached hydrogens (tertiary/aromatic N) is 2. The molecule has 1 saturated heterocycles. The van der Waals surface area contributed by atoms with E-state index in [4.69, 9.17) is 9.84 Å². The Labute approximate surface area is 89.5 Å². The molecule has 1 fully saturated rings. The first-order valence-corrected chi connectivity index (χ1v) is 5.28. The molecule has 15 heavy (non-hydrogen) atoms. The molecule has 1 aliphatic rings. The second kappa shape index (κ2) is 4.49. The summed E-state index contributed by atoms with van der Waals surface area (Å²) in [6.45, 7) is 4.61. The summed E-state index contributed by atoms with van der Waals surface area (Å²) in [4.78, 5) is 6.44. The van der Waals surface area contributed by atoms with Crippen LogP contribution < -0.4 is 9.64 Å². The van der Waals surface area contributed by atoms with Crippen LogP contribution in [0.25, 0.3) is 0 Å². The van der Waals surface area contributed by atoms with E-state index in [-0.39, 0.29) is 6.61 Å². The van der Waals surface area contributed by atoms with Crippen LogP contribution in [-0.4, -0.2) is 36.4 Å². The molecule has 0 aromatic carbocycles. The van der Waals surface area contributed by atoms with Gasteiger partial charge in [-0.25, -0.2) is 4.98 Å². The number of hydrogen-bond donors (Lipinski definition) is 1. The molecule has 0 spiro atoms. The number of aliphatic hydroxyl groups is 1. The number of pyridine rings is 1. The molecule has 1 N–H and O–H groups in total. The zero-order valence-corrected chi connectivity index (χ0v) is 8.89. The molecule has 4 nitrogen and oxygen atoms in total. The highest BCUT2D eigenvalue weighted by atomic mass is 16.5. The Morgan fingerprint density at radius 1 is 1.60 bits per heavy atom. The van der Waals surface area contributed by atoms with Gasteiger partial charge in [0.25, 0.3) is 0 Å². The topological polar surface area (TPSA) is 45.6 Å². The van der Waals surface area contributed by atoms with Gasteiger partial charge in [0, 0.05) is 31.8 Å². The molecule has 1 aromatic heterocycles. The Balaban J connectivity index is 2.07. The van der Waals surface area contributed by atoms with Gasteiger partial charge in [0.2, 0.25) is 0 Å². The van der Waals surface area contributed by atoms with Crippen LogP contribution in [0.5, 0.6) is 5.75 Å². The molecule has 0 saturated carbocycles. The van der Waals surface area contributed by atoms with Crippen molar-refractivity contribution < 1.29 is 9.84 Å². The van der Waals surface area contributed by atoms with Crippen LogP contribution in [0.4, 0.5) is 5.82 Å². The zero-order chi connectivity index (χ0) is 10.7. The molecule has 0 atom stereocenters. The molecule has 4 heteroatoms. The van der Waals surface area contributed by atoms with E-state index in [1.165, 1.54) is 0 Å². The van der Waals surface area contributed by atoms with Gasteiger partial charge in [0.1, 0.15) is 0 Å². The van der Waals surface area contributed by atoms with Crippen LogP contribution in [0, 0.1) is 5.92 Å². The van der Waals surface area contributed by atoms with Gasteiger partial charge in [0.05, 0.1) is 6.61 Å². The van der Waals surface area contributed by atoms with E-state index in [1.54, 1.807) is 6.20 Å². The Morgan fingerprint density at radius 2 is 2.40 bits per heavy atom. The van der Waals surface area contributed by atoms with Crippen molar-refractivity contribution in [3.8, 4) is 5.75 Å². The van der Waals surface area contributed by atoms with E-state index in [9.17, 15) is 0 Å². The molecule has 0 amide bonds. The van der Waals surface area contributed by atoms with Crippen LogP contribution in [0.2, 0.25) is 0 Å². The highest BCUT2D eigenvalue weighted by Gasteiger charge is 2.28. The minimum absolute atomic E-state index is 0.257. The number of ether oxygens (including phenoxy) is 1. The van der Waals surface area contributed by atoms with Gasteiger partial charge in [0.15, 0.2) is 11.6 Å². The van der Waals surface area contributed by atoms with Crippen LogP contribution in [0.1, 0.15) is 6.92 Å². The Kier molecular flexibility index (Phi) is 3.06. The molecule has 0 bridgehead atoms. The summed E-state index contributed by atoms with van der Waals surface area (Å²) in [7, 11) is 0. The fraction of sp³-hybridized carbons (Fsp3) is 0.545. The molecule has 0 radical (unpaired) electrons. The van der Waals surface area contributed by atoms with Crippen LogP contribution >= 0.6 is 0 Å². The number of aromatic nitrogens is 1. The van der Waals surface area contributed by atoms with Crippen LogP contribution in [-0.2, 0) is 0 Å². The van der Waals surface area contributed by atoms with Gasteiger partial charge in [-0.05, 0) is 19.1 Å². The molecular formula is C11H16N2O2. The average molecular weight is 208 g/mol. The molecule has 2 rings (SSSR count).